The zero-order chi connectivity index (χ0) is 18.0. The fourth-order valence-corrected chi connectivity index (χ4v) is 3.36. The molecule has 0 amide bonds. The Hall–Kier alpha value is -2.54. The van der Waals surface area contributed by atoms with Crippen LogP contribution in [-0.2, 0) is 12.8 Å². The quantitative estimate of drug-likeness (QED) is 0.456. The molecule has 26 heavy (non-hydrogen) atoms. The third kappa shape index (κ3) is 5.77. The van der Waals surface area contributed by atoms with Gasteiger partial charge in [-0.3, -0.25) is 0 Å². The summed E-state index contributed by atoms with van der Waals surface area (Å²) >= 11 is 0. The van der Waals surface area contributed by atoms with Crippen LogP contribution >= 0.6 is 0 Å². The largest absolute Gasteiger partial charge is 0.372 e. The molecule has 0 aliphatic heterocycles. The van der Waals surface area contributed by atoms with E-state index in [2.05, 4.69) is 96.8 Å². The number of benzene rings is 3. The van der Waals surface area contributed by atoms with Crippen LogP contribution in [0.2, 0.25) is 0 Å². The van der Waals surface area contributed by atoms with Gasteiger partial charge in [-0.15, -0.1) is 0 Å². The highest BCUT2D eigenvalue weighted by molar-refractivity contribution is 5.47. The van der Waals surface area contributed by atoms with Crippen molar-refractivity contribution in [2.24, 2.45) is 0 Å². The summed E-state index contributed by atoms with van der Waals surface area (Å²) in [7, 11) is 0. The minimum Gasteiger partial charge on any atom is -0.372 e. The van der Waals surface area contributed by atoms with Crippen molar-refractivity contribution in [3.63, 3.8) is 0 Å². The van der Waals surface area contributed by atoms with E-state index in [0.29, 0.717) is 0 Å². The number of aryl methyl sites for hydroxylation is 3. The molecule has 0 saturated carbocycles. The van der Waals surface area contributed by atoms with Crippen molar-refractivity contribution in [2.45, 2.75) is 32.6 Å². The molecule has 3 rings (SSSR count). The first-order valence-corrected chi connectivity index (χ1v) is 9.71. The second-order valence-electron chi connectivity index (χ2n) is 7.00. The molecule has 0 radical (unpaired) electrons. The summed E-state index contributed by atoms with van der Waals surface area (Å²) in [6, 6.07) is 30.6. The third-order valence-electron chi connectivity index (χ3n) is 4.87. The van der Waals surface area contributed by atoms with Gasteiger partial charge >= 0.3 is 0 Å². The average Bonchev–Trinajstić information content (AvgIpc) is 2.69. The second kappa shape index (κ2) is 9.82. The third-order valence-corrected chi connectivity index (χ3v) is 4.87. The summed E-state index contributed by atoms with van der Waals surface area (Å²) in [6.45, 7) is 4.36. The van der Waals surface area contributed by atoms with Crippen molar-refractivity contribution in [1.82, 2.24) is 0 Å². The molecule has 1 nitrogen and oxygen atoms in total. The van der Waals surface area contributed by atoms with Crippen molar-refractivity contribution in [1.29, 1.82) is 0 Å². The van der Waals surface area contributed by atoms with Gasteiger partial charge in [0.05, 0.1) is 0 Å². The molecular formula is C25H29N. The molecule has 3 aromatic carbocycles. The van der Waals surface area contributed by atoms with Crippen LogP contribution in [0.25, 0.3) is 0 Å². The molecule has 0 bridgehead atoms. The predicted octanol–water partition coefficient (Wildman–Crippen LogP) is 6.07. The number of rotatable bonds is 9. The molecule has 1 heteroatoms. The first-order valence-electron chi connectivity index (χ1n) is 9.71. The standard InChI is InChI=1S/C25H29N/c1-22-16-18-25(19-17-22)26(20-8-14-23-10-4-2-5-11-23)21-9-15-24-12-6-3-7-13-24/h2-7,10-13,16-19H,8-9,14-15,20-21H2,1H3. The predicted molar refractivity (Wildman–Crippen MR) is 113 cm³/mol. The monoisotopic (exact) mass is 343 g/mol. The van der Waals surface area contributed by atoms with E-state index in [1.165, 1.54) is 35.2 Å². The maximum absolute atomic E-state index is 2.55. The number of anilines is 1. The maximum atomic E-state index is 2.55. The Morgan fingerprint density at radius 3 is 1.50 bits per heavy atom. The summed E-state index contributed by atoms with van der Waals surface area (Å²) in [4.78, 5) is 2.55. The smallest absolute Gasteiger partial charge is 0.0366 e. The van der Waals surface area contributed by atoms with Crippen LogP contribution < -0.4 is 4.90 Å². The first-order chi connectivity index (χ1) is 12.8. The normalized spacial score (nSPS) is 10.7. The SMILES string of the molecule is Cc1ccc(N(CCCc2ccccc2)CCCc2ccccc2)cc1. The molecule has 0 N–H and O–H groups in total. The molecule has 0 spiro atoms. The van der Waals surface area contributed by atoms with Gasteiger partial charge in [0.15, 0.2) is 0 Å². The van der Waals surface area contributed by atoms with Gasteiger partial charge in [-0.1, -0.05) is 78.4 Å². The Labute approximate surface area is 158 Å². The Bertz CT molecular complexity index is 702. The Kier molecular flexibility index (Phi) is 6.89. The van der Waals surface area contributed by atoms with Crippen LogP contribution in [0.15, 0.2) is 84.9 Å². The van der Waals surface area contributed by atoms with E-state index in [0.717, 1.165) is 25.9 Å². The van der Waals surface area contributed by atoms with Gasteiger partial charge in [-0.2, -0.15) is 0 Å². The van der Waals surface area contributed by atoms with Crippen molar-refractivity contribution in [2.75, 3.05) is 18.0 Å². The van der Waals surface area contributed by atoms with E-state index < -0.39 is 0 Å². The fraction of sp³-hybridized carbons (Fsp3) is 0.280. The van der Waals surface area contributed by atoms with Gasteiger partial charge in [-0.05, 0) is 55.9 Å². The van der Waals surface area contributed by atoms with Crippen LogP contribution in [0.3, 0.4) is 0 Å². The minimum atomic E-state index is 1.10. The van der Waals surface area contributed by atoms with E-state index >= 15 is 0 Å². The van der Waals surface area contributed by atoms with E-state index in [4.69, 9.17) is 0 Å². The molecule has 0 aromatic heterocycles. The van der Waals surface area contributed by atoms with Crippen LogP contribution in [0, 0.1) is 6.92 Å². The molecule has 0 unspecified atom stereocenters. The van der Waals surface area contributed by atoms with Crippen LogP contribution in [0.5, 0.6) is 0 Å². The summed E-state index contributed by atoms with van der Waals surface area (Å²) in [5.41, 5.74) is 5.53. The lowest BCUT2D eigenvalue weighted by atomic mass is 10.1. The minimum absolute atomic E-state index is 1.10. The van der Waals surface area contributed by atoms with E-state index in [-0.39, 0.29) is 0 Å². The molecule has 0 aliphatic carbocycles. The average molecular weight is 344 g/mol. The first kappa shape index (κ1) is 18.3. The van der Waals surface area contributed by atoms with E-state index in [1.807, 2.05) is 0 Å². The maximum Gasteiger partial charge on any atom is 0.0366 e. The molecule has 134 valence electrons. The van der Waals surface area contributed by atoms with Crippen LogP contribution in [0.4, 0.5) is 5.69 Å². The van der Waals surface area contributed by atoms with Crippen molar-refractivity contribution in [3.8, 4) is 0 Å². The van der Waals surface area contributed by atoms with Crippen molar-refractivity contribution >= 4 is 5.69 Å². The zero-order valence-corrected chi connectivity index (χ0v) is 15.8. The lowest BCUT2D eigenvalue weighted by molar-refractivity contribution is 0.692. The lowest BCUT2D eigenvalue weighted by Gasteiger charge is -2.25. The topological polar surface area (TPSA) is 3.24 Å². The van der Waals surface area contributed by atoms with E-state index in [9.17, 15) is 0 Å². The summed E-state index contributed by atoms with van der Waals surface area (Å²) < 4.78 is 0. The summed E-state index contributed by atoms with van der Waals surface area (Å²) in [6.07, 6.45) is 4.65. The van der Waals surface area contributed by atoms with Gasteiger partial charge in [-0.25, -0.2) is 0 Å². The van der Waals surface area contributed by atoms with Crippen LogP contribution in [0.1, 0.15) is 29.5 Å². The highest BCUT2D eigenvalue weighted by atomic mass is 15.1. The number of hydrogen-bond donors (Lipinski definition) is 0. The van der Waals surface area contributed by atoms with Gasteiger partial charge in [0.1, 0.15) is 0 Å². The highest BCUT2D eigenvalue weighted by Crippen LogP contribution is 2.17. The molecular weight excluding hydrogens is 314 g/mol. The Morgan fingerprint density at radius 2 is 1.04 bits per heavy atom. The molecule has 0 heterocycles. The van der Waals surface area contributed by atoms with Gasteiger partial charge in [0.25, 0.3) is 0 Å². The Morgan fingerprint density at radius 1 is 0.577 bits per heavy atom. The fourth-order valence-electron chi connectivity index (χ4n) is 3.36. The molecule has 0 saturated heterocycles. The summed E-state index contributed by atoms with van der Waals surface area (Å²) in [5.74, 6) is 0. The molecule has 0 fully saturated rings. The Balaban J connectivity index is 1.57. The second-order valence-corrected chi connectivity index (χ2v) is 7.00. The molecule has 0 atom stereocenters. The van der Waals surface area contributed by atoms with Crippen LogP contribution in [-0.4, -0.2) is 13.1 Å². The lowest BCUT2D eigenvalue weighted by Crippen LogP contribution is -2.26. The van der Waals surface area contributed by atoms with Gasteiger partial charge in [0, 0.05) is 18.8 Å². The number of hydrogen-bond acceptors (Lipinski definition) is 1. The summed E-state index contributed by atoms with van der Waals surface area (Å²) in [5, 5.41) is 0. The van der Waals surface area contributed by atoms with Crippen molar-refractivity contribution in [3.05, 3.63) is 102 Å². The molecule has 0 aliphatic rings. The van der Waals surface area contributed by atoms with Gasteiger partial charge in [0.2, 0.25) is 0 Å². The molecule has 3 aromatic rings. The highest BCUT2D eigenvalue weighted by Gasteiger charge is 2.07. The number of nitrogens with zero attached hydrogens (tertiary/aromatic N) is 1. The van der Waals surface area contributed by atoms with Crippen molar-refractivity contribution < 1.29 is 0 Å². The van der Waals surface area contributed by atoms with E-state index in [1.54, 1.807) is 0 Å². The zero-order valence-electron chi connectivity index (χ0n) is 15.8. The van der Waals surface area contributed by atoms with Gasteiger partial charge < -0.3 is 4.90 Å².